The number of nitrogens with one attached hydrogen (secondary N) is 1. The molecule has 3 aromatic rings. The van der Waals surface area contributed by atoms with E-state index in [1.54, 1.807) is 41.5 Å². The molecule has 0 aliphatic carbocycles. The highest BCUT2D eigenvalue weighted by Gasteiger charge is 2.24. The summed E-state index contributed by atoms with van der Waals surface area (Å²) < 4.78 is 1.78. The summed E-state index contributed by atoms with van der Waals surface area (Å²) in [6.07, 6.45) is 5.02. The highest BCUT2D eigenvalue weighted by Crippen LogP contribution is 2.31. The number of hydrogen-bond acceptors (Lipinski definition) is 3. The number of halogens is 1. The first-order valence-corrected chi connectivity index (χ1v) is 8.30. The second-order valence-corrected chi connectivity index (χ2v) is 7.08. The Hall–Kier alpha value is -2.66. The van der Waals surface area contributed by atoms with Gasteiger partial charge in [-0.3, -0.25) is 14.5 Å². The van der Waals surface area contributed by atoms with Gasteiger partial charge in [-0.25, -0.2) is 0 Å². The van der Waals surface area contributed by atoms with Gasteiger partial charge in [0.2, 0.25) is 0 Å². The Morgan fingerprint density at radius 1 is 1.12 bits per heavy atom. The van der Waals surface area contributed by atoms with Crippen LogP contribution in [-0.4, -0.2) is 20.7 Å². The van der Waals surface area contributed by atoms with Crippen LogP contribution in [0.25, 0.3) is 11.3 Å². The van der Waals surface area contributed by atoms with Gasteiger partial charge in [-0.05, 0) is 39.0 Å². The summed E-state index contributed by atoms with van der Waals surface area (Å²) in [7, 11) is 0. The summed E-state index contributed by atoms with van der Waals surface area (Å²) in [5, 5.41) is 8.07. The minimum atomic E-state index is -0.259. The smallest absolute Gasteiger partial charge is 0.259 e. The highest BCUT2D eigenvalue weighted by molar-refractivity contribution is 6.33. The van der Waals surface area contributed by atoms with Crippen LogP contribution in [0.4, 0.5) is 5.69 Å². The lowest BCUT2D eigenvalue weighted by molar-refractivity contribution is 0.102. The van der Waals surface area contributed by atoms with Gasteiger partial charge in [0.25, 0.3) is 5.91 Å². The standard InChI is InChI=1S/C19H19ClN4O/c1-19(2,3)24-12-15(18(25)22-13-8-10-21-11-9-13)17(23-24)14-6-4-5-7-16(14)20/h4-12H,1-3H3,(H,21,22,25). The number of nitrogens with zero attached hydrogens (tertiary/aromatic N) is 3. The topological polar surface area (TPSA) is 59.8 Å². The van der Waals surface area contributed by atoms with Gasteiger partial charge in [0, 0.05) is 29.8 Å². The third-order valence-corrected chi connectivity index (χ3v) is 4.04. The van der Waals surface area contributed by atoms with E-state index < -0.39 is 0 Å². The second-order valence-electron chi connectivity index (χ2n) is 6.68. The maximum atomic E-state index is 12.8. The molecule has 1 N–H and O–H groups in total. The van der Waals surface area contributed by atoms with Crippen LogP contribution in [0.1, 0.15) is 31.1 Å². The maximum Gasteiger partial charge on any atom is 0.259 e. The normalized spacial score (nSPS) is 11.4. The van der Waals surface area contributed by atoms with E-state index in [1.807, 2.05) is 39.0 Å². The fourth-order valence-electron chi connectivity index (χ4n) is 2.37. The van der Waals surface area contributed by atoms with Crippen molar-refractivity contribution in [2.24, 2.45) is 0 Å². The van der Waals surface area contributed by atoms with Gasteiger partial charge >= 0.3 is 0 Å². The third kappa shape index (κ3) is 3.72. The van der Waals surface area contributed by atoms with Crippen LogP contribution in [0, 0.1) is 0 Å². The molecule has 5 nitrogen and oxygen atoms in total. The maximum absolute atomic E-state index is 12.8. The van der Waals surface area contributed by atoms with Gasteiger partial charge in [-0.1, -0.05) is 29.8 Å². The zero-order valence-electron chi connectivity index (χ0n) is 14.3. The molecule has 0 unspecified atom stereocenters. The molecule has 3 rings (SSSR count). The summed E-state index contributed by atoms with van der Waals surface area (Å²) >= 11 is 6.33. The molecule has 0 aliphatic heterocycles. The molecule has 0 saturated carbocycles. The van der Waals surface area contributed by atoms with Crippen molar-refractivity contribution in [1.82, 2.24) is 14.8 Å². The van der Waals surface area contributed by atoms with Gasteiger partial charge < -0.3 is 5.32 Å². The molecule has 1 aromatic carbocycles. The van der Waals surface area contributed by atoms with Crippen molar-refractivity contribution in [1.29, 1.82) is 0 Å². The Bertz CT molecular complexity index is 897. The Labute approximate surface area is 151 Å². The molecule has 6 heteroatoms. The Morgan fingerprint density at radius 2 is 1.80 bits per heavy atom. The summed E-state index contributed by atoms with van der Waals surface area (Å²) in [4.78, 5) is 16.8. The molecule has 2 heterocycles. The number of pyridine rings is 1. The van der Waals surface area contributed by atoms with E-state index >= 15 is 0 Å². The third-order valence-electron chi connectivity index (χ3n) is 3.71. The Morgan fingerprint density at radius 3 is 2.44 bits per heavy atom. The fourth-order valence-corrected chi connectivity index (χ4v) is 2.59. The van der Waals surface area contributed by atoms with Crippen molar-refractivity contribution < 1.29 is 4.79 Å². The number of rotatable bonds is 3. The van der Waals surface area contributed by atoms with Crippen LogP contribution in [0.2, 0.25) is 5.02 Å². The van der Waals surface area contributed by atoms with Crippen LogP contribution >= 0.6 is 11.6 Å². The molecule has 0 atom stereocenters. The minimum absolute atomic E-state index is 0.239. The SMILES string of the molecule is CC(C)(C)n1cc(C(=O)Nc2ccncc2)c(-c2ccccc2Cl)n1. The molecule has 2 aromatic heterocycles. The van der Waals surface area contributed by atoms with E-state index in [0.717, 1.165) is 5.56 Å². The Kier molecular flexibility index (Phi) is 4.59. The molecule has 0 saturated heterocycles. The molecule has 0 bridgehead atoms. The average molecular weight is 355 g/mol. The van der Waals surface area contributed by atoms with E-state index in [1.165, 1.54) is 0 Å². The van der Waals surface area contributed by atoms with Gasteiger partial charge in [0.15, 0.2) is 0 Å². The van der Waals surface area contributed by atoms with Crippen molar-refractivity contribution in [2.75, 3.05) is 5.32 Å². The van der Waals surface area contributed by atoms with Crippen molar-refractivity contribution in [2.45, 2.75) is 26.3 Å². The molecule has 0 radical (unpaired) electrons. The predicted molar refractivity (Wildman–Crippen MR) is 99.9 cm³/mol. The van der Waals surface area contributed by atoms with Crippen LogP contribution in [0.3, 0.4) is 0 Å². The number of benzene rings is 1. The molecule has 25 heavy (non-hydrogen) atoms. The van der Waals surface area contributed by atoms with Crippen LogP contribution in [-0.2, 0) is 5.54 Å². The molecule has 0 fully saturated rings. The molecule has 1 amide bonds. The quantitative estimate of drug-likeness (QED) is 0.747. The van der Waals surface area contributed by atoms with E-state index in [9.17, 15) is 4.79 Å². The number of anilines is 1. The summed E-state index contributed by atoms with van der Waals surface area (Å²) in [5.41, 5.74) is 2.18. The van der Waals surface area contributed by atoms with Crippen LogP contribution in [0.5, 0.6) is 0 Å². The van der Waals surface area contributed by atoms with Crippen molar-refractivity contribution in [3.8, 4) is 11.3 Å². The van der Waals surface area contributed by atoms with Crippen LogP contribution < -0.4 is 5.32 Å². The van der Waals surface area contributed by atoms with Gasteiger partial charge in [0.1, 0.15) is 5.69 Å². The van der Waals surface area contributed by atoms with Gasteiger partial charge in [-0.15, -0.1) is 0 Å². The lowest BCUT2D eigenvalue weighted by Gasteiger charge is -2.18. The first-order chi connectivity index (χ1) is 11.9. The number of hydrogen-bond donors (Lipinski definition) is 1. The summed E-state index contributed by atoms with van der Waals surface area (Å²) in [5.74, 6) is -0.239. The molecule has 0 spiro atoms. The van der Waals surface area contributed by atoms with Gasteiger partial charge in [0.05, 0.1) is 16.1 Å². The zero-order valence-corrected chi connectivity index (χ0v) is 15.1. The number of carbonyl (C=O) groups is 1. The van der Waals surface area contributed by atoms with Crippen molar-refractivity contribution in [3.63, 3.8) is 0 Å². The number of amides is 1. The summed E-state index contributed by atoms with van der Waals surface area (Å²) in [6.45, 7) is 6.09. The van der Waals surface area contributed by atoms with E-state index in [0.29, 0.717) is 22.0 Å². The first-order valence-electron chi connectivity index (χ1n) is 7.92. The van der Waals surface area contributed by atoms with Gasteiger partial charge in [-0.2, -0.15) is 5.10 Å². The van der Waals surface area contributed by atoms with Crippen molar-refractivity contribution >= 4 is 23.2 Å². The van der Waals surface area contributed by atoms with Crippen LogP contribution in [0.15, 0.2) is 55.0 Å². The molecule has 128 valence electrons. The van der Waals surface area contributed by atoms with Crippen molar-refractivity contribution in [3.05, 3.63) is 65.6 Å². The number of carbonyl (C=O) groups excluding carboxylic acids is 1. The number of aromatic nitrogens is 3. The predicted octanol–water partition coefficient (Wildman–Crippen LogP) is 4.61. The highest BCUT2D eigenvalue weighted by atomic mass is 35.5. The average Bonchev–Trinajstić information content (AvgIpc) is 3.02. The first kappa shape index (κ1) is 17.2. The molecule has 0 aliphatic rings. The monoisotopic (exact) mass is 354 g/mol. The summed E-state index contributed by atoms with van der Waals surface area (Å²) in [6, 6.07) is 10.9. The molecular formula is C19H19ClN4O. The lowest BCUT2D eigenvalue weighted by Crippen LogP contribution is -2.22. The van der Waals surface area contributed by atoms with E-state index in [4.69, 9.17) is 11.6 Å². The molecular weight excluding hydrogens is 336 g/mol. The zero-order chi connectivity index (χ0) is 18.0. The lowest BCUT2D eigenvalue weighted by atomic mass is 10.1. The van der Waals surface area contributed by atoms with E-state index in [2.05, 4.69) is 15.4 Å². The second kappa shape index (κ2) is 6.69. The minimum Gasteiger partial charge on any atom is -0.322 e. The largest absolute Gasteiger partial charge is 0.322 e. The van der Waals surface area contributed by atoms with E-state index in [-0.39, 0.29) is 11.4 Å². The fraction of sp³-hybridized carbons (Fsp3) is 0.211. The Balaban J connectivity index is 2.07.